The molecule has 0 radical (unpaired) electrons. The van der Waals surface area contributed by atoms with E-state index in [4.69, 9.17) is 4.74 Å². The first-order valence-corrected chi connectivity index (χ1v) is 7.64. The lowest BCUT2D eigenvalue weighted by molar-refractivity contribution is -0.122. The molecule has 2 rings (SSSR count). The van der Waals surface area contributed by atoms with Gasteiger partial charge in [0.25, 0.3) is 5.91 Å². The zero-order valence-corrected chi connectivity index (χ0v) is 13.6. The highest BCUT2D eigenvalue weighted by Crippen LogP contribution is 2.20. The fraction of sp³-hybridized carbons (Fsp3) is 0.316. The van der Waals surface area contributed by atoms with E-state index in [0.717, 1.165) is 29.0 Å². The van der Waals surface area contributed by atoms with E-state index < -0.39 is 6.10 Å². The van der Waals surface area contributed by atoms with Gasteiger partial charge in [0.15, 0.2) is 6.10 Å². The number of nitrogens with one attached hydrogen (secondary N) is 1. The maximum absolute atomic E-state index is 12.3. The van der Waals surface area contributed by atoms with E-state index in [1.165, 1.54) is 5.56 Å². The summed E-state index contributed by atoms with van der Waals surface area (Å²) < 4.78 is 5.81. The van der Waals surface area contributed by atoms with Gasteiger partial charge >= 0.3 is 0 Å². The van der Waals surface area contributed by atoms with Crippen LogP contribution in [0.3, 0.4) is 0 Å². The Hall–Kier alpha value is -2.29. The number of carbonyl (C=O) groups is 1. The highest BCUT2D eigenvalue weighted by atomic mass is 16.5. The molecule has 1 N–H and O–H groups in total. The van der Waals surface area contributed by atoms with Gasteiger partial charge in [0, 0.05) is 5.69 Å². The highest BCUT2D eigenvalue weighted by molar-refractivity contribution is 5.94. The maximum atomic E-state index is 12.3. The molecule has 1 unspecified atom stereocenters. The van der Waals surface area contributed by atoms with Crippen LogP contribution in [0.15, 0.2) is 42.5 Å². The van der Waals surface area contributed by atoms with Gasteiger partial charge in [-0.15, -0.1) is 0 Å². The molecule has 22 heavy (non-hydrogen) atoms. The number of para-hydroxylation sites is 1. The number of hydrogen-bond donors (Lipinski definition) is 1. The number of carbonyl (C=O) groups excluding carboxylic acids is 1. The second-order valence-corrected chi connectivity index (χ2v) is 5.51. The second kappa shape index (κ2) is 7.12. The van der Waals surface area contributed by atoms with Crippen molar-refractivity contribution in [2.75, 3.05) is 5.32 Å². The van der Waals surface area contributed by atoms with Crippen molar-refractivity contribution >= 4 is 11.6 Å². The molecule has 1 amide bonds. The van der Waals surface area contributed by atoms with Crippen molar-refractivity contribution < 1.29 is 9.53 Å². The number of rotatable bonds is 5. The zero-order chi connectivity index (χ0) is 16.1. The molecule has 0 saturated heterocycles. The summed E-state index contributed by atoms with van der Waals surface area (Å²) in [7, 11) is 0. The first kappa shape index (κ1) is 16.1. The Morgan fingerprint density at radius 1 is 1.14 bits per heavy atom. The van der Waals surface area contributed by atoms with Gasteiger partial charge in [-0.25, -0.2) is 0 Å². The third kappa shape index (κ3) is 3.88. The number of benzene rings is 2. The molecule has 1 atom stereocenters. The highest BCUT2D eigenvalue weighted by Gasteiger charge is 2.16. The number of aryl methyl sites for hydroxylation is 3. The summed E-state index contributed by atoms with van der Waals surface area (Å²) in [4.78, 5) is 12.3. The first-order valence-electron chi connectivity index (χ1n) is 7.64. The van der Waals surface area contributed by atoms with E-state index in [1.54, 1.807) is 6.92 Å². The molecular formula is C19H23NO2. The van der Waals surface area contributed by atoms with Crippen LogP contribution >= 0.6 is 0 Å². The Balaban J connectivity index is 2.04. The fourth-order valence-corrected chi connectivity index (χ4v) is 2.22. The molecule has 3 heteroatoms. The molecule has 0 heterocycles. The number of anilines is 1. The van der Waals surface area contributed by atoms with Crippen LogP contribution in [-0.2, 0) is 11.2 Å². The Labute approximate surface area is 132 Å². The lowest BCUT2D eigenvalue weighted by Gasteiger charge is -2.17. The van der Waals surface area contributed by atoms with Gasteiger partial charge in [0.2, 0.25) is 0 Å². The SMILES string of the molecule is CCc1ccccc1OC(C)C(=O)Nc1ccc(C)c(C)c1. The average molecular weight is 297 g/mol. The number of amides is 1. The van der Waals surface area contributed by atoms with Crippen LogP contribution < -0.4 is 10.1 Å². The standard InChI is InChI=1S/C19H23NO2/c1-5-16-8-6-7-9-18(16)22-15(4)19(21)20-17-11-10-13(2)14(3)12-17/h6-12,15H,5H2,1-4H3,(H,20,21). The summed E-state index contributed by atoms with van der Waals surface area (Å²) in [5.41, 5.74) is 4.27. The molecule has 0 aliphatic rings. The average Bonchev–Trinajstić information content (AvgIpc) is 2.51. The molecule has 0 spiro atoms. The van der Waals surface area contributed by atoms with Gasteiger partial charge in [-0.2, -0.15) is 0 Å². The van der Waals surface area contributed by atoms with Crippen molar-refractivity contribution in [3.8, 4) is 5.75 Å². The van der Waals surface area contributed by atoms with Crippen LogP contribution in [0.1, 0.15) is 30.5 Å². The smallest absolute Gasteiger partial charge is 0.265 e. The van der Waals surface area contributed by atoms with Crippen LogP contribution in [0, 0.1) is 13.8 Å². The van der Waals surface area contributed by atoms with E-state index in [2.05, 4.69) is 12.2 Å². The van der Waals surface area contributed by atoms with E-state index in [1.807, 2.05) is 56.3 Å². The summed E-state index contributed by atoms with van der Waals surface area (Å²) in [6.07, 6.45) is 0.330. The number of hydrogen-bond acceptors (Lipinski definition) is 2. The van der Waals surface area contributed by atoms with E-state index in [0.29, 0.717) is 0 Å². The third-order valence-corrected chi connectivity index (χ3v) is 3.80. The van der Waals surface area contributed by atoms with Gasteiger partial charge in [-0.3, -0.25) is 4.79 Å². The quantitative estimate of drug-likeness (QED) is 0.895. The summed E-state index contributed by atoms with van der Waals surface area (Å²) >= 11 is 0. The molecule has 0 aliphatic carbocycles. The minimum absolute atomic E-state index is 0.144. The topological polar surface area (TPSA) is 38.3 Å². The maximum Gasteiger partial charge on any atom is 0.265 e. The molecule has 2 aromatic rings. The number of ether oxygens (including phenoxy) is 1. The van der Waals surface area contributed by atoms with Crippen LogP contribution in [0.5, 0.6) is 5.75 Å². The molecule has 3 nitrogen and oxygen atoms in total. The van der Waals surface area contributed by atoms with Gasteiger partial charge < -0.3 is 10.1 Å². The van der Waals surface area contributed by atoms with E-state index >= 15 is 0 Å². The van der Waals surface area contributed by atoms with Gasteiger partial charge in [-0.05, 0) is 62.1 Å². The summed E-state index contributed by atoms with van der Waals surface area (Å²) in [6.45, 7) is 7.92. The normalized spacial score (nSPS) is 11.8. The molecule has 0 aliphatic heterocycles. The van der Waals surface area contributed by atoms with Crippen molar-refractivity contribution in [1.29, 1.82) is 0 Å². The van der Waals surface area contributed by atoms with Crippen LogP contribution in [0.2, 0.25) is 0 Å². The van der Waals surface area contributed by atoms with Gasteiger partial charge in [0.05, 0.1) is 0 Å². The van der Waals surface area contributed by atoms with Crippen molar-refractivity contribution in [2.45, 2.75) is 40.2 Å². The van der Waals surface area contributed by atoms with Crippen molar-refractivity contribution in [3.63, 3.8) is 0 Å². The van der Waals surface area contributed by atoms with Gasteiger partial charge in [0.1, 0.15) is 5.75 Å². The molecule has 0 bridgehead atoms. The molecule has 0 aromatic heterocycles. The lowest BCUT2D eigenvalue weighted by Crippen LogP contribution is -2.30. The van der Waals surface area contributed by atoms with Crippen LogP contribution in [0.4, 0.5) is 5.69 Å². The molecule has 0 fully saturated rings. The summed E-state index contributed by atoms with van der Waals surface area (Å²) in [5, 5.41) is 2.90. The predicted molar refractivity (Wildman–Crippen MR) is 90.5 cm³/mol. The Morgan fingerprint density at radius 2 is 1.86 bits per heavy atom. The monoisotopic (exact) mass is 297 g/mol. The molecule has 0 saturated carbocycles. The van der Waals surface area contributed by atoms with Crippen molar-refractivity contribution in [3.05, 3.63) is 59.2 Å². The first-order chi connectivity index (χ1) is 10.5. The third-order valence-electron chi connectivity index (χ3n) is 3.80. The largest absolute Gasteiger partial charge is 0.481 e. The Kier molecular flexibility index (Phi) is 5.21. The minimum Gasteiger partial charge on any atom is -0.481 e. The van der Waals surface area contributed by atoms with Gasteiger partial charge in [-0.1, -0.05) is 31.2 Å². The van der Waals surface area contributed by atoms with Crippen molar-refractivity contribution in [2.24, 2.45) is 0 Å². The molecule has 116 valence electrons. The van der Waals surface area contributed by atoms with E-state index in [9.17, 15) is 4.79 Å². The summed E-state index contributed by atoms with van der Waals surface area (Å²) in [5.74, 6) is 0.627. The fourth-order valence-electron chi connectivity index (χ4n) is 2.22. The molecule has 2 aromatic carbocycles. The van der Waals surface area contributed by atoms with Crippen LogP contribution in [-0.4, -0.2) is 12.0 Å². The second-order valence-electron chi connectivity index (χ2n) is 5.51. The zero-order valence-electron chi connectivity index (χ0n) is 13.6. The lowest BCUT2D eigenvalue weighted by atomic mass is 10.1. The van der Waals surface area contributed by atoms with E-state index in [-0.39, 0.29) is 5.91 Å². The Morgan fingerprint density at radius 3 is 2.55 bits per heavy atom. The molecular weight excluding hydrogens is 274 g/mol. The summed E-state index contributed by atoms with van der Waals surface area (Å²) in [6, 6.07) is 13.7. The predicted octanol–water partition coefficient (Wildman–Crippen LogP) is 4.27. The van der Waals surface area contributed by atoms with Crippen LogP contribution in [0.25, 0.3) is 0 Å². The van der Waals surface area contributed by atoms with Crippen molar-refractivity contribution in [1.82, 2.24) is 0 Å². The Bertz CT molecular complexity index is 664. The minimum atomic E-state index is -0.547.